The highest BCUT2D eigenvalue weighted by Crippen LogP contribution is 2.24. The molecule has 0 unspecified atom stereocenters. The number of hydrogen-bond acceptors (Lipinski definition) is 7. The average molecular weight is 559 g/mol. The van der Waals surface area contributed by atoms with Gasteiger partial charge in [-0.15, -0.1) is 0 Å². The summed E-state index contributed by atoms with van der Waals surface area (Å²) in [6, 6.07) is 14.6. The molecule has 1 amide bonds. The molecule has 2 aromatic heterocycles. The van der Waals surface area contributed by atoms with Crippen LogP contribution in [-0.2, 0) is 24.4 Å². The molecular formula is C31H34N4O6. The summed E-state index contributed by atoms with van der Waals surface area (Å²) in [5.41, 5.74) is 4.05. The second-order valence-corrected chi connectivity index (χ2v) is 10.8. The van der Waals surface area contributed by atoms with E-state index in [0.717, 1.165) is 41.2 Å². The summed E-state index contributed by atoms with van der Waals surface area (Å²) in [5.74, 6) is 1.50. The van der Waals surface area contributed by atoms with E-state index >= 15 is 0 Å². The molecule has 2 fully saturated rings. The minimum atomic E-state index is -0.959. The number of benzene rings is 2. The van der Waals surface area contributed by atoms with Crippen LogP contribution in [0.5, 0.6) is 5.75 Å². The lowest BCUT2D eigenvalue weighted by Crippen LogP contribution is -2.48. The van der Waals surface area contributed by atoms with Crippen LogP contribution in [0.1, 0.15) is 50.0 Å². The second kappa shape index (κ2) is 11.4. The first kappa shape index (κ1) is 27.0. The van der Waals surface area contributed by atoms with Crippen LogP contribution in [0.4, 0.5) is 0 Å². The molecule has 10 heteroatoms. The number of aromatic carboxylic acids is 1. The Balaban J connectivity index is 1.07. The van der Waals surface area contributed by atoms with Crippen molar-refractivity contribution in [3.05, 3.63) is 82.6 Å². The van der Waals surface area contributed by atoms with Crippen LogP contribution >= 0.6 is 0 Å². The average Bonchev–Trinajstić information content (AvgIpc) is 3.54. The van der Waals surface area contributed by atoms with Crippen LogP contribution in [-0.4, -0.2) is 75.2 Å². The molecule has 2 aliphatic rings. The van der Waals surface area contributed by atoms with E-state index in [2.05, 4.69) is 15.5 Å². The monoisotopic (exact) mass is 558 g/mol. The predicted molar refractivity (Wildman–Crippen MR) is 151 cm³/mol. The van der Waals surface area contributed by atoms with E-state index in [1.165, 1.54) is 5.56 Å². The van der Waals surface area contributed by atoms with Gasteiger partial charge in [-0.25, -0.2) is 9.78 Å². The number of piperazine rings is 1. The largest absolute Gasteiger partial charge is 0.485 e. The van der Waals surface area contributed by atoms with Crippen LogP contribution in [0.3, 0.4) is 0 Å². The number of furan rings is 1. The molecule has 41 heavy (non-hydrogen) atoms. The summed E-state index contributed by atoms with van der Waals surface area (Å²) in [5, 5.41) is 9.48. The number of hydrogen-bond donors (Lipinski definition) is 1. The number of carboxylic acid groups (broad SMARTS) is 1. The van der Waals surface area contributed by atoms with Crippen molar-refractivity contribution in [1.82, 2.24) is 19.4 Å². The van der Waals surface area contributed by atoms with Gasteiger partial charge in [0.25, 0.3) is 5.91 Å². The van der Waals surface area contributed by atoms with Crippen molar-refractivity contribution < 1.29 is 28.6 Å². The fourth-order valence-corrected chi connectivity index (χ4v) is 5.41. The van der Waals surface area contributed by atoms with Crippen molar-refractivity contribution in [2.24, 2.45) is 0 Å². The molecule has 0 aliphatic carbocycles. The zero-order valence-electron chi connectivity index (χ0n) is 23.3. The minimum absolute atomic E-state index is 0.110. The van der Waals surface area contributed by atoms with Gasteiger partial charge in [0, 0.05) is 32.8 Å². The summed E-state index contributed by atoms with van der Waals surface area (Å²) in [7, 11) is 0. The molecule has 4 heterocycles. The number of nitrogens with zero attached hydrogens (tertiary/aromatic N) is 4. The maximum Gasteiger partial charge on any atom is 0.335 e. The topological polar surface area (TPSA) is 110 Å². The van der Waals surface area contributed by atoms with Crippen molar-refractivity contribution in [3.8, 4) is 5.75 Å². The predicted octanol–water partition coefficient (Wildman–Crippen LogP) is 4.27. The fraction of sp³-hybridized carbons (Fsp3) is 0.387. The molecule has 10 nitrogen and oxygen atoms in total. The maximum absolute atomic E-state index is 13.2. The van der Waals surface area contributed by atoms with Gasteiger partial charge >= 0.3 is 5.97 Å². The molecule has 2 saturated heterocycles. The standard InChI is InChI=1S/C31H34N4O6/c1-20-3-7-27(21(2)15-20)40-19-24-5-8-28(41-24)30(36)34-12-10-33(11-13-34)18-29-32-25-6-4-22(31(37)38)16-26(25)35(29)17-23-9-14-39-23/h3-8,15-16,23H,9-14,17-19H2,1-2H3,(H,37,38)/t23-/m0/s1. The Bertz CT molecular complexity index is 1580. The highest BCUT2D eigenvalue weighted by molar-refractivity contribution is 5.92. The lowest BCUT2D eigenvalue weighted by molar-refractivity contribution is -0.0592. The van der Waals surface area contributed by atoms with Gasteiger partial charge in [0.05, 0.1) is 35.8 Å². The number of aromatic nitrogens is 2. The Morgan fingerprint density at radius 3 is 2.56 bits per heavy atom. The summed E-state index contributed by atoms with van der Waals surface area (Å²) in [6.45, 7) is 8.83. The van der Waals surface area contributed by atoms with E-state index in [1.807, 2.05) is 30.9 Å². The summed E-state index contributed by atoms with van der Waals surface area (Å²) >= 11 is 0. The van der Waals surface area contributed by atoms with E-state index in [1.54, 1.807) is 30.3 Å². The highest BCUT2D eigenvalue weighted by Gasteiger charge is 2.27. The molecule has 1 N–H and O–H groups in total. The van der Waals surface area contributed by atoms with Gasteiger partial charge in [0.15, 0.2) is 5.76 Å². The molecule has 0 bridgehead atoms. The molecule has 2 aromatic carbocycles. The van der Waals surface area contributed by atoms with Crippen molar-refractivity contribution >= 4 is 22.9 Å². The number of carbonyl (C=O) groups is 2. The van der Waals surface area contributed by atoms with E-state index in [4.69, 9.17) is 18.9 Å². The number of aryl methyl sites for hydroxylation is 2. The zero-order chi connectivity index (χ0) is 28.5. The number of carbonyl (C=O) groups excluding carboxylic acids is 1. The van der Waals surface area contributed by atoms with Gasteiger partial charge in [-0.2, -0.15) is 0 Å². The van der Waals surface area contributed by atoms with Crippen LogP contribution in [0.25, 0.3) is 11.0 Å². The number of carboxylic acids is 1. The van der Waals surface area contributed by atoms with Crippen LogP contribution < -0.4 is 4.74 Å². The third kappa shape index (κ3) is 5.84. The SMILES string of the molecule is Cc1ccc(OCc2ccc(C(=O)N3CCN(Cc4nc5ccc(C(=O)O)cc5n4C[C@@H]4CCO4)CC3)o2)c(C)c1. The number of amides is 1. The first-order valence-corrected chi connectivity index (χ1v) is 14.0. The van der Waals surface area contributed by atoms with Gasteiger partial charge in [-0.05, 0) is 62.2 Å². The Hall–Kier alpha value is -4.15. The fourth-order valence-electron chi connectivity index (χ4n) is 5.41. The molecule has 0 saturated carbocycles. The van der Waals surface area contributed by atoms with Crippen LogP contribution in [0.2, 0.25) is 0 Å². The van der Waals surface area contributed by atoms with E-state index in [9.17, 15) is 14.7 Å². The quantitative estimate of drug-likeness (QED) is 0.324. The molecule has 0 radical (unpaired) electrons. The number of imidazole rings is 1. The third-order valence-corrected chi connectivity index (χ3v) is 7.85. The van der Waals surface area contributed by atoms with Crippen molar-refractivity contribution in [2.45, 2.75) is 46.1 Å². The lowest BCUT2D eigenvalue weighted by atomic mass is 10.1. The van der Waals surface area contributed by atoms with Crippen molar-refractivity contribution in [2.75, 3.05) is 32.8 Å². The van der Waals surface area contributed by atoms with Crippen molar-refractivity contribution in [1.29, 1.82) is 0 Å². The minimum Gasteiger partial charge on any atom is -0.485 e. The van der Waals surface area contributed by atoms with Crippen molar-refractivity contribution in [3.63, 3.8) is 0 Å². The first-order chi connectivity index (χ1) is 19.8. The zero-order valence-corrected chi connectivity index (χ0v) is 23.3. The first-order valence-electron chi connectivity index (χ1n) is 14.0. The van der Waals surface area contributed by atoms with Gasteiger partial charge in [0.1, 0.15) is 23.9 Å². The molecule has 214 valence electrons. The van der Waals surface area contributed by atoms with Gasteiger partial charge in [0.2, 0.25) is 0 Å². The molecule has 1 atom stereocenters. The second-order valence-electron chi connectivity index (χ2n) is 10.8. The number of ether oxygens (including phenoxy) is 2. The molecule has 2 aliphatic heterocycles. The van der Waals surface area contributed by atoms with E-state index in [0.29, 0.717) is 50.8 Å². The highest BCUT2D eigenvalue weighted by atomic mass is 16.5. The Morgan fingerprint density at radius 1 is 1.05 bits per heavy atom. The third-order valence-electron chi connectivity index (χ3n) is 7.85. The Labute approximate surface area is 238 Å². The maximum atomic E-state index is 13.2. The van der Waals surface area contributed by atoms with Crippen LogP contribution in [0, 0.1) is 13.8 Å². The Kier molecular flexibility index (Phi) is 7.51. The molecule has 6 rings (SSSR count). The normalized spacial score (nSPS) is 17.5. The van der Waals surface area contributed by atoms with Gasteiger partial charge < -0.3 is 28.5 Å². The van der Waals surface area contributed by atoms with Crippen LogP contribution in [0.15, 0.2) is 52.9 Å². The van der Waals surface area contributed by atoms with E-state index in [-0.39, 0.29) is 24.2 Å². The number of fused-ring (bicyclic) bond motifs is 1. The lowest BCUT2D eigenvalue weighted by Gasteiger charge is -2.34. The summed E-state index contributed by atoms with van der Waals surface area (Å²) in [6.07, 6.45) is 1.09. The van der Waals surface area contributed by atoms with Gasteiger partial charge in [-0.3, -0.25) is 9.69 Å². The molecule has 0 spiro atoms. The van der Waals surface area contributed by atoms with E-state index < -0.39 is 5.97 Å². The summed E-state index contributed by atoms with van der Waals surface area (Å²) < 4.78 is 19.5. The smallest absolute Gasteiger partial charge is 0.335 e. The molecule has 4 aromatic rings. The van der Waals surface area contributed by atoms with Gasteiger partial charge in [-0.1, -0.05) is 17.7 Å². The number of rotatable bonds is 9. The summed E-state index contributed by atoms with van der Waals surface area (Å²) in [4.78, 5) is 33.6. The molecular weight excluding hydrogens is 524 g/mol. The Morgan fingerprint density at radius 2 is 1.85 bits per heavy atom.